The molecule has 0 spiro atoms. The van der Waals surface area contributed by atoms with Crippen molar-refractivity contribution < 1.29 is 28.6 Å². The highest BCUT2D eigenvalue weighted by Gasteiger charge is 2.61. The lowest BCUT2D eigenvalue weighted by Gasteiger charge is -2.43. The van der Waals surface area contributed by atoms with Crippen LogP contribution in [0, 0.1) is 17.2 Å². The Labute approximate surface area is 322 Å². The molecule has 0 bridgehead atoms. The molecule has 7 rings (SSSR count). The molecule has 3 heterocycles. The van der Waals surface area contributed by atoms with E-state index in [1.165, 1.54) is 10.8 Å². The van der Waals surface area contributed by atoms with Crippen LogP contribution in [0.15, 0.2) is 109 Å². The van der Waals surface area contributed by atoms with Crippen molar-refractivity contribution in [3.63, 3.8) is 0 Å². The molecule has 0 radical (unpaired) electrons. The molecule has 1 aliphatic heterocycles. The largest absolute Gasteiger partial charge is 0.457 e. The molecule has 2 fully saturated rings. The highest BCUT2D eigenvalue weighted by atomic mass is 28.4. The first-order valence-electron chi connectivity index (χ1n) is 19.0. The predicted molar refractivity (Wildman–Crippen MR) is 210 cm³/mol. The average Bonchev–Trinajstić information content (AvgIpc) is 3.76. The number of benzene rings is 3. The normalized spacial score (nSPS) is 21.9. The predicted octanol–water partition coefficient (Wildman–Crippen LogP) is 5.92. The van der Waals surface area contributed by atoms with Gasteiger partial charge in [-0.2, -0.15) is 10.4 Å². The van der Waals surface area contributed by atoms with Gasteiger partial charge in [-0.3, -0.25) is 9.59 Å². The molecular weight excluding hydrogens is 711 g/mol. The van der Waals surface area contributed by atoms with Gasteiger partial charge in [0, 0.05) is 12.0 Å². The standard InChI is InChI=1S/C43H47N5O6Si/c1-42(2,3)55(32-20-12-6-13-21-32,33-22-14-7-15-23-33)52-27-35-38(53-37(49)26-30-16-8-4-9-17-30)39(50)43(28-44,54-35)36-25-24-34-40(45-29-46-48(34)36)47-41(51)31-18-10-5-11-19-31/h5-7,10-15,18-25,29-30,35,38-39,50H,4,8-9,16-17,26-27H2,1-3H3,(H,45,46,47,51)/t35-,38-,39-,43+/m1/s1. The number of carbonyl (C=O) groups excluding carboxylic acids is 2. The lowest BCUT2D eigenvalue weighted by atomic mass is 9.87. The minimum atomic E-state index is -3.11. The van der Waals surface area contributed by atoms with Crippen molar-refractivity contribution in [2.75, 3.05) is 11.9 Å². The lowest BCUT2D eigenvalue weighted by Crippen LogP contribution is -2.67. The second-order valence-electron chi connectivity index (χ2n) is 15.5. The van der Waals surface area contributed by atoms with Crippen LogP contribution in [0.3, 0.4) is 0 Å². The summed E-state index contributed by atoms with van der Waals surface area (Å²) in [6.07, 6.45) is 2.77. The van der Waals surface area contributed by atoms with Crippen molar-refractivity contribution >= 4 is 41.9 Å². The van der Waals surface area contributed by atoms with Crippen LogP contribution in [-0.4, -0.2) is 64.8 Å². The second-order valence-corrected chi connectivity index (χ2v) is 19.8. The van der Waals surface area contributed by atoms with E-state index in [4.69, 9.17) is 13.9 Å². The molecule has 2 aromatic heterocycles. The number of aliphatic hydroxyl groups is 1. The molecule has 4 atom stereocenters. The number of nitrogens with zero attached hydrogens (tertiary/aromatic N) is 4. The number of nitrogens with one attached hydrogen (secondary N) is 1. The summed E-state index contributed by atoms with van der Waals surface area (Å²) in [7, 11) is -3.11. The maximum absolute atomic E-state index is 13.7. The molecule has 1 amide bonds. The van der Waals surface area contributed by atoms with Crippen molar-refractivity contribution in [1.82, 2.24) is 14.6 Å². The fraction of sp³-hybridized carbons (Fsp3) is 0.372. The molecule has 0 unspecified atom stereocenters. The zero-order valence-electron chi connectivity index (χ0n) is 31.4. The smallest absolute Gasteiger partial charge is 0.306 e. The van der Waals surface area contributed by atoms with Crippen LogP contribution in [-0.2, 0) is 24.3 Å². The summed E-state index contributed by atoms with van der Waals surface area (Å²) in [5, 5.41) is 32.2. The van der Waals surface area contributed by atoms with E-state index in [0.717, 1.165) is 42.5 Å². The van der Waals surface area contributed by atoms with Gasteiger partial charge < -0.3 is 24.3 Å². The van der Waals surface area contributed by atoms with E-state index in [2.05, 4.69) is 66.5 Å². The third kappa shape index (κ3) is 7.33. The number of fused-ring (bicyclic) bond motifs is 1. The Morgan fingerprint density at radius 1 is 0.945 bits per heavy atom. The second kappa shape index (κ2) is 15.9. The average molecular weight is 758 g/mol. The van der Waals surface area contributed by atoms with Crippen LogP contribution < -0.4 is 15.7 Å². The third-order valence-electron chi connectivity index (χ3n) is 11.0. The number of amides is 1. The monoisotopic (exact) mass is 757 g/mol. The Morgan fingerprint density at radius 3 is 2.16 bits per heavy atom. The molecule has 1 saturated heterocycles. The minimum Gasteiger partial charge on any atom is -0.457 e. The Balaban J connectivity index is 1.26. The molecule has 3 aromatic carbocycles. The van der Waals surface area contributed by atoms with Gasteiger partial charge in [0.2, 0.25) is 5.60 Å². The fourth-order valence-corrected chi connectivity index (χ4v) is 12.9. The van der Waals surface area contributed by atoms with Crippen LogP contribution in [0.25, 0.3) is 5.52 Å². The third-order valence-corrected chi connectivity index (χ3v) is 16.0. The SMILES string of the molecule is CC(C)(C)[Si](OC[C@H]1O[C@@](C#N)(c2ccc3c(NC(=O)c4ccccc4)ncnn23)[C@H](O)[C@@H]1OC(=O)CC1CCCCC1)(c1ccccc1)c1ccccc1. The van der Waals surface area contributed by atoms with Crippen LogP contribution in [0.1, 0.15) is 75.3 Å². The molecule has 2 N–H and O–H groups in total. The van der Waals surface area contributed by atoms with Gasteiger partial charge in [0.05, 0.1) is 12.3 Å². The van der Waals surface area contributed by atoms with E-state index < -0.39 is 38.2 Å². The molecule has 1 saturated carbocycles. The summed E-state index contributed by atoms with van der Waals surface area (Å²) in [4.78, 5) is 31.1. The maximum atomic E-state index is 13.7. The summed E-state index contributed by atoms with van der Waals surface area (Å²) in [6.45, 7) is 6.40. The minimum absolute atomic E-state index is 0.0776. The zero-order valence-corrected chi connectivity index (χ0v) is 32.4. The van der Waals surface area contributed by atoms with E-state index in [-0.39, 0.29) is 41.4 Å². The number of hydrogen-bond acceptors (Lipinski definition) is 9. The van der Waals surface area contributed by atoms with Crippen molar-refractivity contribution in [1.29, 1.82) is 5.26 Å². The Bertz CT molecular complexity index is 2110. The van der Waals surface area contributed by atoms with E-state index in [0.29, 0.717) is 11.1 Å². The quantitative estimate of drug-likeness (QED) is 0.124. The lowest BCUT2D eigenvalue weighted by molar-refractivity contribution is -0.157. The number of nitriles is 1. The molecule has 1 aliphatic carbocycles. The molecule has 11 nitrogen and oxygen atoms in total. The Morgan fingerprint density at radius 2 is 1.56 bits per heavy atom. The fourth-order valence-electron chi connectivity index (χ4n) is 8.32. The van der Waals surface area contributed by atoms with Gasteiger partial charge in [-0.15, -0.1) is 0 Å². The summed E-state index contributed by atoms with van der Waals surface area (Å²) >= 11 is 0. The maximum Gasteiger partial charge on any atom is 0.306 e. The van der Waals surface area contributed by atoms with E-state index in [1.807, 2.05) is 42.5 Å². The number of ether oxygens (including phenoxy) is 2. The number of carbonyl (C=O) groups is 2. The summed E-state index contributed by atoms with van der Waals surface area (Å²) in [5.74, 6) is -0.416. The van der Waals surface area contributed by atoms with Crippen LogP contribution in [0.2, 0.25) is 5.04 Å². The highest BCUT2D eigenvalue weighted by Crippen LogP contribution is 2.44. The van der Waals surface area contributed by atoms with Crippen molar-refractivity contribution in [3.05, 3.63) is 121 Å². The number of esters is 1. The number of aliphatic hydroxyl groups excluding tert-OH is 1. The first-order valence-corrected chi connectivity index (χ1v) is 20.9. The van der Waals surface area contributed by atoms with Crippen molar-refractivity contribution in [2.45, 2.75) is 88.2 Å². The van der Waals surface area contributed by atoms with E-state index in [1.54, 1.807) is 36.4 Å². The van der Waals surface area contributed by atoms with Crippen LogP contribution in [0.4, 0.5) is 5.82 Å². The van der Waals surface area contributed by atoms with Gasteiger partial charge in [0.15, 0.2) is 11.9 Å². The van der Waals surface area contributed by atoms with Crippen molar-refractivity contribution in [2.24, 2.45) is 5.92 Å². The molecular formula is C43H47N5O6Si. The van der Waals surface area contributed by atoms with Gasteiger partial charge in [-0.05, 0) is 58.4 Å². The van der Waals surface area contributed by atoms with Gasteiger partial charge in [0.1, 0.15) is 30.1 Å². The van der Waals surface area contributed by atoms with E-state index in [9.17, 15) is 20.0 Å². The molecule has 284 valence electrons. The van der Waals surface area contributed by atoms with Crippen molar-refractivity contribution in [3.8, 4) is 6.07 Å². The first kappa shape index (κ1) is 38.1. The molecule has 55 heavy (non-hydrogen) atoms. The molecule has 2 aliphatic rings. The number of anilines is 1. The first-order chi connectivity index (χ1) is 26.6. The Kier molecular flexibility index (Phi) is 11.0. The molecule has 5 aromatic rings. The summed E-state index contributed by atoms with van der Waals surface area (Å²) in [5.41, 5.74) is -1.02. The zero-order chi connectivity index (χ0) is 38.6. The number of hydrogen-bond donors (Lipinski definition) is 2. The number of rotatable bonds is 11. The molecule has 12 heteroatoms. The number of aromatic nitrogens is 3. The summed E-state index contributed by atoms with van der Waals surface area (Å²) in [6, 6.07) is 34.5. The van der Waals surface area contributed by atoms with E-state index >= 15 is 0 Å². The van der Waals surface area contributed by atoms with Crippen LogP contribution >= 0.6 is 0 Å². The van der Waals surface area contributed by atoms with Gasteiger partial charge in [-0.25, -0.2) is 9.50 Å². The van der Waals surface area contributed by atoms with Gasteiger partial charge in [-0.1, -0.05) is 119 Å². The van der Waals surface area contributed by atoms with Gasteiger partial charge >= 0.3 is 5.97 Å². The highest BCUT2D eigenvalue weighted by molar-refractivity contribution is 6.99. The topological polar surface area (TPSA) is 148 Å². The van der Waals surface area contributed by atoms with Gasteiger partial charge in [0.25, 0.3) is 14.2 Å². The Hall–Kier alpha value is -5.19. The van der Waals surface area contributed by atoms with Crippen LogP contribution in [0.5, 0.6) is 0 Å². The summed E-state index contributed by atoms with van der Waals surface area (Å²) < 4.78 is 21.5.